The van der Waals surface area contributed by atoms with Crippen LogP contribution in [0.15, 0.2) is 36.5 Å². The number of ether oxygens (including phenoxy) is 3. The fraction of sp³-hybridized carbons (Fsp3) is 0.882. The monoisotopic (exact) mass is 1120 g/mol. The Bertz CT molecular complexity index is 1420. The van der Waals surface area contributed by atoms with Gasteiger partial charge in [-0.05, 0) is 57.8 Å². The van der Waals surface area contributed by atoms with Crippen molar-refractivity contribution in [2.75, 3.05) is 13.2 Å². The van der Waals surface area contributed by atoms with Crippen LogP contribution in [0.5, 0.6) is 0 Å². The molecule has 0 bridgehead atoms. The largest absolute Gasteiger partial charge is 0.454 e. The number of esters is 1. The van der Waals surface area contributed by atoms with Crippen molar-refractivity contribution in [1.29, 1.82) is 0 Å². The molecule has 11 nitrogen and oxygen atoms in total. The Morgan fingerprint density at radius 2 is 0.873 bits per heavy atom. The van der Waals surface area contributed by atoms with Gasteiger partial charge in [-0.25, -0.2) is 0 Å². The van der Waals surface area contributed by atoms with Gasteiger partial charge < -0.3 is 45.1 Å². The lowest BCUT2D eigenvalue weighted by Crippen LogP contribution is -2.61. The molecule has 79 heavy (non-hydrogen) atoms. The van der Waals surface area contributed by atoms with Crippen molar-refractivity contribution in [1.82, 2.24) is 5.32 Å². The fourth-order valence-corrected chi connectivity index (χ4v) is 10.7. The number of aliphatic hydroxyl groups excluding tert-OH is 5. The van der Waals surface area contributed by atoms with Crippen LogP contribution in [0, 0.1) is 0 Å². The molecule has 6 N–H and O–H groups in total. The van der Waals surface area contributed by atoms with Crippen LogP contribution in [-0.2, 0) is 23.8 Å². The minimum atomic E-state index is -1.61. The van der Waals surface area contributed by atoms with Gasteiger partial charge in [-0.2, -0.15) is 0 Å². The summed E-state index contributed by atoms with van der Waals surface area (Å²) in [6.07, 6.45) is 57.4. The lowest BCUT2D eigenvalue weighted by molar-refractivity contribution is -0.305. The molecule has 0 aromatic heterocycles. The number of aliphatic hydroxyl groups is 5. The van der Waals surface area contributed by atoms with Gasteiger partial charge in [0, 0.05) is 6.42 Å². The first-order chi connectivity index (χ1) is 38.7. The number of rotatable bonds is 58. The van der Waals surface area contributed by atoms with Gasteiger partial charge in [0.25, 0.3) is 0 Å². The number of amides is 1. The van der Waals surface area contributed by atoms with E-state index in [9.17, 15) is 35.1 Å². The summed E-state index contributed by atoms with van der Waals surface area (Å²) in [7, 11) is 0. The van der Waals surface area contributed by atoms with Crippen LogP contribution in [0.3, 0.4) is 0 Å². The van der Waals surface area contributed by atoms with E-state index in [1.807, 2.05) is 6.08 Å². The number of nitrogens with one attached hydrogen (secondary N) is 1. The summed E-state index contributed by atoms with van der Waals surface area (Å²) in [6.45, 7) is 5.81. The summed E-state index contributed by atoms with van der Waals surface area (Å²) in [6, 6.07) is -1.02. The predicted octanol–water partition coefficient (Wildman–Crippen LogP) is 16.6. The van der Waals surface area contributed by atoms with Gasteiger partial charge in [0.15, 0.2) is 12.4 Å². The van der Waals surface area contributed by atoms with Crippen LogP contribution >= 0.6 is 0 Å². The zero-order chi connectivity index (χ0) is 57.5. The molecule has 0 spiro atoms. The molecule has 1 aliphatic rings. The lowest BCUT2D eigenvalue weighted by Gasteiger charge is -2.41. The SMILES string of the molecule is CCCCC/C=C\C/C=C\CCCCCCCCCCCC(=O)OC1C(OCC(NC(=O)C(O)CCCCCCCCCCCCCCCCCCCC)C(O)/C=C/CCCCCCCCCCCCC)OC(CO)C(O)C1O. The zero-order valence-electron chi connectivity index (χ0n) is 51.5. The second kappa shape index (κ2) is 56.4. The van der Waals surface area contributed by atoms with Crippen LogP contribution in [-0.4, -0.2) is 99.6 Å². The molecule has 8 unspecified atom stereocenters. The molecule has 0 saturated carbocycles. The maximum atomic E-state index is 13.5. The van der Waals surface area contributed by atoms with E-state index in [0.717, 1.165) is 70.6 Å². The Morgan fingerprint density at radius 3 is 1.32 bits per heavy atom. The van der Waals surface area contributed by atoms with E-state index in [2.05, 4.69) is 50.4 Å². The van der Waals surface area contributed by atoms with E-state index in [4.69, 9.17) is 14.2 Å². The second-order valence-electron chi connectivity index (χ2n) is 23.6. The van der Waals surface area contributed by atoms with Crippen LogP contribution in [0.4, 0.5) is 0 Å². The van der Waals surface area contributed by atoms with Gasteiger partial charge in [0.2, 0.25) is 5.91 Å². The average molecular weight is 1120 g/mol. The molecule has 1 heterocycles. The number of carbonyl (C=O) groups is 2. The number of allylic oxidation sites excluding steroid dienone is 5. The van der Waals surface area contributed by atoms with Gasteiger partial charge in [-0.15, -0.1) is 0 Å². The maximum Gasteiger partial charge on any atom is 0.306 e. The van der Waals surface area contributed by atoms with E-state index in [-0.39, 0.29) is 13.0 Å². The standard InChI is InChI=1S/C68H127NO10/c1-4-7-10-13-16-19-22-25-27-29-31-33-35-38-41-44-47-50-53-56-63(73)79-66-65(75)64(74)62(57-70)78-68(66)77-58-59(60(71)54-51-48-45-42-39-36-24-21-18-15-12-9-6-3)69-67(76)61(72)55-52-49-46-43-40-37-34-32-30-28-26-23-20-17-14-11-8-5-2/h16,19,25,27,51,54,59-62,64-66,68,70-72,74-75H,4-15,17-18,20-24,26,28-50,52-53,55-58H2,1-3H3,(H,69,76)/b19-16-,27-25-,54-51+. The maximum absolute atomic E-state index is 13.5. The van der Waals surface area contributed by atoms with E-state index in [1.54, 1.807) is 6.08 Å². The minimum Gasteiger partial charge on any atom is -0.454 e. The van der Waals surface area contributed by atoms with Crippen molar-refractivity contribution < 1.29 is 49.3 Å². The summed E-state index contributed by atoms with van der Waals surface area (Å²) in [5.74, 6) is -1.18. The van der Waals surface area contributed by atoms with Crippen LogP contribution in [0.2, 0.25) is 0 Å². The lowest BCUT2D eigenvalue weighted by atomic mass is 9.99. The quantitative estimate of drug-likeness (QED) is 0.0195. The highest BCUT2D eigenvalue weighted by Gasteiger charge is 2.47. The molecule has 11 heteroatoms. The van der Waals surface area contributed by atoms with Gasteiger partial charge in [0.05, 0.1) is 25.4 Å². The molecular formula is C68H127NO10. The Hall–Kier alpha value is -2.12. The van der Waals surface area contributed by atoms with Crippen molar-refractivity contribution in [3.63, 3.8) is 0 Å². The first-order valence-corrected chi connectivity index (χ1v) is 33.8. The van der Waals surface area contributed by atoms with E-state index in [1.165, 1.54) is 205 Å². The van der Waals surface area contributed by atoms with Crippen molar-refractivity contribution in [2.24, 2.45) is 0 Å². The summed E-state index contributed by atoms with van der Waals surface area (Å²) < 4.78 is 17.7. The van der Waals surface area contributed by atoms with E-state index >= 15 is 0 Å². The smallest absolute Gasteiger partial charge is 0.306 e. The number of carbonyl (C=O) groups excluding carboxylic acids is 2. The van der Waals surface area contributed by atoms with Crippen molar-refractivity contribution in [3.8, 4) is 0 Å². The summed E-state index contributed by atoms with van der Waals surface area (Å²) in [5, 5.41) is 57.2. The van der Waals surface area contributed by atoms with Crippen molar-refractivity contribution >= 4 is 11.9 Å². The van der Waals surface area contributed by atoms with E-state index < -0.39 is 67.4 Å². The molecule has 1 rings (SSSR count). The second-order valence-corrected chi connectivity index (χ2v) is 23.6. The molecule has 0 radical (unpaired) electrons. The molecule has 0 aliphatic carbocycles. The molecule has 1 fully saturated rings. The van der Waals surface area contributed by atoms with Crippen molar-refractivity contribution in [2.45, 2.75) is 372 Å². The zero-order valence-corrected chi connectivity index (χ0v) is 51.5. The fourth-order valence-electron chi connectivity index (χ4n) is 10.7. The third-order valence-electron chi connectivity index (χ3n) is 16.0. The van der Waals surface area contributed by atoms with Crippen LogP contribution in [0.1, 0.15) is 323 Å². The number of hydrogen-bond donors (Lipinski definition) is 6. The van der Waals surface area contributed by atoms with Crippen LogP contribution in [0.25, 0.3) is 0 Å². The normalized spacial score (nSPS) is 19.0. The Labute approximate surface area is 485 Å². The van der Waals surface area contributed by atoms with Gasteiger partial charge in [0.1, 0.15) is 24.4 Å². The van der Waals surface area contributed by atoms with Crippen LogP contribution < -0.4 is 5.32 Å². The molecule has 1 aliphatic heterocycles. The summed E-state index contributed by atoms with van der Waals surface area (Å²) in [4.78, 5) is 26.6. The summed E-state index contributed by atoms with van der Waals surface area (Å²) >= 11 is 0. The number of hydrogen-bond acceptors (Lipinski definition) is 10. The number of unbranched alkanes of at least 4 members (excludes halogenated alkanes) is 40. The summed E-state index contributed by atoms with van der Waals surface area (Å²) in [5.41, 5.74) is 0. The first kappa shape index (κ1) is 74.9. The van der Waals surface area contributed by atoms with Gasteiger partial charge in [-0.1, -0.05) is 295 Å². The minimum absolute atomic E-state index is 0.121. The van der Waals surface area contributed by atoms with Gasteiger partial charge in [-0.3, -0.25) is 9.59 Å². The van der Waals surface area contributed by atoms with Crippen molar-refractivity contribution in [3.05, 3.63) is 36.5 Å². The predicted molar refractivity (Wildman–Crippen MR) is 329 cm³/mol. The molecule has 464 valence electrons. The average Bonchev–Trinajstić information content (AvgIpc) is 3.49. The van der Waals surface area contributed by atoms with E-state index in [0.29, 0.717) is 19.3 Å². The first-order valence-electron chi connectivity index (χ1n) is 33.8. The topological polar surface area (TPSA) is 175 Å². The Balaban J connectivity index is 2.64. The highest BCUT2D eigenvalue weighted by molar-refractivity contribution is 5.80. The molecule has 1 saturated heterocycles. The highest BCUT2D eigenvalue weighted by Crippen LogP contribution is 2.26. The molecular weight excluding hydrogens is 991 g/mol. The Morgan fingerprint density at radius 1 is 0.494 bits per heavy atom. The Kier molecular flexibility index (Phi) is 53.4. The molecule has 1 amide bonds. The molecule has 0 aromatic carbocycles. The van der Waals surface area contributed by atoms with Gasteiger partial charge >= 0.3 is 5.97 Å². The third-order valence-corrected chi connectivity index (χ3v) is 16.0. The third kappa shape index (κ3) is 44.1. The molecule has 8 atom stereocenters. The highest BCUT2D eigenvalue weighted by atomic mass is 16.7. The molecule has 0 aromatic rings.